The molecule has 0 heterocycles. The van der Waals surface area contributed by atoms with Gasteiger partial charge in [-0.05, 0) is 30.9 Å². The maximum Gasteiger partial charge on any atom is 0.341 e. The van der Waals surface area contributed by atoms with Gasteiger partial charge in [0, 0.05) is 6.42 Å². The number of benzene rings is 1. The average Bonchev–Trinajstić information content (AvgIpc) is 2.91. The van der Waals surface area contributed by atoms with Gasteiger partial charge in [0.15, 0.2) is 0 Å². The first-order chi connectivity index (χ1) is 9.91. The smallest absolute Gasteiger partial charge is 0.325 e. The number of hydrogen-bond acceptors (Lipinski definition) is 3. The molecule has 0 bridgehead atoms. The molecule has 4 nitrogen and oxygen atoms in total. The van der Waals surface area contributed by atoms with Gasteiger partial charge in [0.1, 0.15) is 0 Å². The number of hydrogen-bond donors (Lipinski definition) is 1. The molecule has 1 aromatic carbocycles. The predicted molar refractivity (Wildman–Crippen MR) is 74.7 cm³/mol. The minimum Gasteiger partial charge on any atom is -0.325 e. The molecule has 1 unspecified atom stereocenters. The molecule has 1 atom stereocenters. The Bertz CT molecular complexity index is 656. The molecule has 0 saturated carbocycles. The maximum atomic E-state index is 12.6. The standard InChI is InChI=1S/C14H15F2NO3S/c15-14(16)21(19,20)12-8-4-3-7-11(12)17-13(18)9-10-5-1-2-6-10/h1,3-5,7-8,10,14H,2,6,9H2,(H,17,18). The van der Waals surface area contributed by atoms with Crippen LogP contribution in [0.25, 0.3) is 0 Å². The van der Waals surface area contributed by atoms with Crippen molar-refractivity contribution in [2.45, 2.75) is 29.9 Å². The fourth-order valence-electron chi connectivity index (χ4n) is 2.22. The minimum atomic E-state index is -4.74. The lowest BCUT2D eigenvalue weighted by Crippen LogP contribution is -2.19. The van der Waals surface area contributed by atoms with Gasteiger partial charge >= 0.3 is 5.76 Å². The molecule has 114 valence electrons. The normalized spacial score (nSPS) is 18.1. The largest absolute Gasteiger partial charge is 0.341 e. The van der Waals surface area contributed by atoms with E-state index in [1.54, 1.807) is 0 Å². The number of alkyl halides is 2. The first kappa shape index (κ1) is 15.6. The van der Waals surface area contributed by atoms with E-state index in [9.17, 15) is 22.0 Å². The van der Waals surface area contributed by atoms with Gasteiger partial charge in [-0.25, -0.2) is 8.42 Å². The van der Waals surface area contributed by atoms with Crippen molar-refractivity contribution in [2.24, 2.45) is 5.92 Å². The molecular weight excluding hydrogens is 300 g/mol. The lowest BCUT2D eigenvalue weighted by atomic mass is 10.1. The van der Waals surface area contributed by atoms with E-state index in [4.69, 9.17) is 0 Å². The highest BCUT2D eigenvalue weighted by atomic mass is 32.2. The summed E-state index contributed by atoms with van der Waals surface area (Å²) in [6.45, 7) is 0. The lowest BCUT2D eigenvalue weighted by molar-refractivity contribution is -0.116. The number of anilines is 1. The van der Waals surface area contributed by atoms with Crippen molar-refractivity contribution in [1.82, 2.24) is 0 Å². The first-order valence-corrected chi connectivity index (χ1v) is 8.03. The Hall–Kier alpha value is -1.76. The number of rotatable bonds is 5. The van der Waals surface area contributed by atoms with Crippen LogP contribution in [0.4, 0.5) is 14.5 Å². The summed E-state index contributed by atoms with van der Waals surface area (Å²) in [6, 6.07) is 5.18. The van der Waals surface area contributed by atoms with E-state index < -0.39 is 20.5 Å². The Morgan fingerprint density at radius 1 is 1.33 bits per heavy atom. The second-order valence-corrected chi connectivity index (χ2v) is 6.71. The second kappa shape index (κ2) is 6.34. The molecular formula is C14H15F2NO3S. The number of sulfone groups is 1. The number of nitrogens with one attached hydrogen (secondary N) is 1. The number of amides is 1. The topological polar surface area (TPSA) is 63.2 Å². The van der Waals surface area contributed by atoms with Crippen LogP contribution in [0.1, 0.15) is 19.3 Å². The van der Waals surface area contributed by atoms with Crippen LogP contribution in [-0.4, -0.2) is 20.1 Å². The summed E-state index contributed by atoms with van der Waals surface area (Å²) in [7, 11) is -4.74. The van der Waals surface area contributed by atoms with E-state index >= 15 is 0 Å². The zero-order valence-electron chi connectivity index (χ0n) is 11.1. The summed E-state index contributed by atoms with van der Waals surface area (Å²) in [5.74, 6) is -3.79. The highest BCUT2D eigenvalue weighted by molar-refractivity contribution is 7.91. The van der Waals surface area contributed by atoms with Gasteiger partial charge in [-0.3, -0.25) is 4.79 Å². The second-order valence-electron chi connectivity index (χ2n) is 4.82. The summed E-state index contributed by atoms with van der Waals surface area (Å²) in [5.41, 5.74) is -0.107. The van der Waals surface area contributed by atoms with Crippen LogP contribution in [-0.2, 0) is 14.6 Å². The molecule has 0 fully saturated rings. The van der Waals surface area contributed by atoms with Crippen molar-refractivity contribution < 1.29 is 22.0 Å². The van der Waals surface area contributed by atoms with Crippen LogP contribution in [0.2, 0.25) is 0 Å². The molecule has 1 aromatic rings. The lowest BCUT2D eigenvalue weighted by Gasteiger charge is -2.12. The highest BCUT2D eigenvalue weighted by Gasteiger charge is 2.29. The summed E-state index contributed by atoms with van der Waals surface area (Å²) < 4.78 is 48.4. The van der Waals surface area contributed by atoms with Crippen LogP contribution < -0.4 is 5.32 Å². The minimum absolute atomic E-state index is 0.107. The Morgan fingerprint density at radius 3 is 2.67 bits per heavy atom. The third-order valence-electron chi connectivity index (χ3n) is 3.26. The van der Waals surface area contributed by atoms with Crippen molar-refractivity contribution >= 4 is 21.4 Å². The molecule has 1 N–H and O–H groups in total. The highest BCUT2D eigenvalue weighted by Crippen LogP contribution is 2.27. The summed E-state index contributed by atoms with van der Waals surface area (Å²) in [5, 5.41) is 2.41. The molecule has 1 amide bonds. The molecule has 1 aliphatic rings. The molecule has 0 spiro atoms. The summed E-state index contributed by atoms with van der Waals surface area (Å²) >= 11 is 0. The van der Waals surface area contributed by atoms with Crippen molar-refractivity contribution in [3.63, 3.8) is 0 Å². The van der Waals surface area contributed by atoms with E-state index in [2.05, 4.69) is 5.32 Å². The zero-order chi connectivity index (χ0) is 15.5. The van der Waals surface area contributed by atoms with E-state index in [0.717, 1.165) is 18.9 Å². The van der Waals surface area contributed by atoms with Crippen molar-refractivity contribution in [3.8, 4) is 0 Å². The summed E-state index contributed by atoms with van der Waals surface area (Å²) in [6.07, 6.45) is 5.90. The number of allylic oxidation sites excluding steroid dienone is 2. The van der Waals surface area contributed by atoms with Crippen LogP contribution in [0, 0.1) is 5.92 Å². The van der Waals surface area contributed by atoms with Gasteiger partial charge in [-0.2, -0.15) is 8.78 Å². The Balaban J connectivity index is 2.17. The third-order valence-corrected chi connectivity index (χ3v) is 4.70. The Labute approximate surface area is 121 Å². The van der Waals surface area contributed by atoms with Crippen LogP contribution in [0.15, 0.2) is 41.3 Å². The zero-order valence-corrected chi connectivity index (χ0v) is 11.9. The SMILES string of the molecule is O=C(CC1C=CCC1)Nc1ccccc1S(=O)(=O)C(F)F. The van der Waals surface area contributed by atoms with Gasteiger partial charge < -0.3 is 5.32 Å². The number of para-hydroxylation sites is 1. The van der Waals surface area contributed by atoms with Gasteiger partial charge in [0.2, 0.25) is 15.7 Å². The quantitative estimate of drug-likeness (QED) is 0.850. The predicted octanol–water partition coefficient (Wildman–Crippen LogP) is 2.98. The van der Waals surface area contributed by atoms with Gasteiger partial charge in [-0.1, -0.05) is 24.3 Å². The van der Waals surface area contributed by atoms with Crippen molar-refractivity contribution in [1.29, 1.82) is 0 Å². The maximum absolute atomic E-state index is 12.6. The van der Waals surface area contributed by atoms with Crippen LogP contribution in [0.5, 0.6) is 0 Å². The molecule has 0 aliphatic heterocycles. The van der Waals surface area contributed by atoms with Crippen LogP contribution >= 0.6 is 0 Å². The molecule has 2 rings (SSSR count). The van der Waals surface area contributed by atoms with E-state index in [1.807, 2.05) is 12.2 Å². The summed E-state index contributed by atoms with van der Waals surface area (Å²) in [4.78, 5) is 11.3. The first-order valence-electron chi connectivity index (χ1n) is 6.49. The molecule has 7 heteroatoms. The number of carbonyl (C=O) groups is 1. The number of carbonyl (C=O) groups excluding carboxylic acids is 1. The molecule has 21 heavy (non-hydrogen) atoms. The van der Waals surface area contributed by atoms with Crippen molar-refractivity contribution in [2.75, 3.05) is 5.32 Å². The van der Waals surface area contributed by atoms with Gasteiger partial charge in [-0.15, -0.1) is 0 Å². The van der Waals surface area contributed by atoms with Crippen LogP contribution in [0.3, 0.4) is 0 Å². The fraction of sp³-hybridized carbons (Fsp3) is 0.357. The Kier molecular flexibility index (Phi) is 4.72. The van der Waals surface area contributed by atoms with Gasteiger partial charge in [0.05, 0.1) is 10.6 Å². The monoisotopic (exact) mass is 315 g/mol. The Morgan fingerprint density at radius 2 is 2.05 bits per heavy atom. The molecule has 0 saturated heterocycles. The van der Waals surface area contributed by atoms with E-state index in [-0.39, 0.29) is 23.9 Å². The fourth-order valence-corrected chi connectivity index (χ4v) is 3.10. The molecule has 0 radical (unpaired) electrons. The van der Waals surface area contributed by atoms with E-state index in [1.165, 1.54) is 18.2 Å². The average molecular weight is 315 g/mol. The third kappa shape index (κ3) is 3.66. The van der Waals surface area contributed by atoms with E-state index in [0.29, 0.717) is 0 Å². The number of halogens is 2. The van der Waals surface area contributed by atoms with Crippen molar-refractivity contribution in [3.05, 3.63) is 36.4 Å². The molecule has 1 aliphatic carbocycles. The molecule has 0 aromatic heterocycles. The van der Waals surface area contributed by atoms with Gasteiger partial charge in [0.25, 0.3) is 0 Å².